The van der Waals surface area contributed by atoms with Gasteiger partial charge in [-0.05, 0) is 31.0 Å². The van der Waals surface area contributed by atoms with Crippen LogP contribution < -0.4 is 4.90 Å². The Kier molecular flexibility index (Phi) is 2.99. The Morgan fingerprint density at radius 3 is 2.12 bits per heavy atom. The fourth-order valence-electron chi connectivity index (χ4n) is 2.07. The molecule has 90 valence electrons. The topological polar surface area (TPSA) is 77.8 Å². The van der Waals surface area contributed by atoms with Crippen LogP contribution in [0.3, 0.4) is 0 Å². The number of carboxylic acids is 2. The van der Waals surface area contributed by atoms with Gasteiger partial charge in [0, 0.05) is 18.8 Å². The van der Waals surface area contributed by atoms with Crippen LogP contribution >= 0.6 is 0 Å². The van der Waals surface area contributed by atoms with E-state index in [9.17, 15) is 9.59 Å². The Bertz CT molecular complexity index is 464. The number of aromatic carboxylic acids is 2. The maximum Gasteiger partial charge on any atom is 0.336 e. The molecule has 1 aromatic rings. The summed E-state index contributed by atoms with van der Waals surface area (Å²) in [6.45, 7) is 1.79. The minimum Gasteiger partial charge on any atom is -0.478 e. The number of hydrogen-bond donors (Lipinski definition) is 2. The van der Waals surface area contributed by atoms with Gasteiger partial charge in [0.25, 0.3) is 0 Å². The van der Waals surface area contributed by atoms with Crippen LogP contribution in [0.1, 0.15) is 33.6 Å². The predicted molar refractivity (Wildman–Crippen MR) is 61.8 cm³/mol. The first-order chi connectivity index (χ1) is 8.09. The molecule has 0 aromatic heterocycles. The summed E-state index contributed by atoms with van der Waals surface area (Å²) in [5, 5.41) is 17.9. The second kappa shape index (κ2) is 4.45. The van der Waals surface area contributed by atoms with E-state index in [1.807, 2.05) is 0 Å². The minimum absolute atomic E-state index is 0.151. The van der Waals surface area contributed by atoms with Crippen molar-refractivity contribution >= 4 is 17.6 Å². The Hall–Kier alpha value is -2.04. The largest absolute Gasteiger partial charge is 0.478 e. The van der Waals surface area contributed by atoms with Gasteiger partial charge in [-0.15, -0.1) is 0 Å². The molecule has 0 saturated carbocycles. The van der Waals surface area contributed by atoms with Crippen LogP contribution in [-0.2, 0) is 0 Å². The first-order valence-electron chi connectivity index (χ1n) is 5.45. The number of benzene rings is 1. The van der Waals surface area contributed by atoms with Crippen molar-refractivity contribution in [2.24, 2.45) is 0 Å². The van der Waals surface area contributed by atoms with Gasteiger partial charge in [-0.25, -0.2) is 9.59 Å². The molecule has 2 N–H and O–H groups in total. The second-order valence-electron chi connectivity index (χ2n) is 4.03. The first-order valence-corrected chi connectivity index (χ1v) is 5.45. The quantitative estimate of drug-likeness (QED) is 0.833. The van der Waals surface area contributed by atoms with Crippen molar-refractivity contribution in [3.63, 3.8) is 0 Å². The highest BCUT2D eigenvalue weighted by molar-refractivity contribution is 6.02. The van der Waals surface area contributed by atoms with Crippen molar-refractivity contribution in [2.45, 2.75) is 12.8 Å². The molecule has 0 unspecified atom stereocenters. The lowest BCUT2D eigenvalue weighted by atomic mass is 10.1. The number of rotatable bonds is 3. The van der Waals surface area contributed by atoms with Crippen molar-refractivity contribution in [1.29, 1.82) is 0 Å². The summed E-state index contributed by atoms with van der Waals surface area (Å²) in [6.07, 6.45) is 2.17. The van der Waals surface area contributed by atoms with Crippen LogP contribution in [0.4, 0.5) is 5.69 Å². The van der Waals surface area contributed by atoms with Gasteiger partial charge in [-0.2, -0.15) is 0 Å². The zero-order valence-corrected chi connectivity index (χ0v) is 9.22. The smallest absolute Gasteiger partial charge is 0.336 e. The number of hydrogen-bond acceptors (Lipinski definition) is 3. The van der Waals surface area contributed by atoms with Crippen LogP contribution in [0.2, 0.25) is 0 Å². The molecule has 17 heavy (non-hydrogen) atoms. The van der Waals surface area contributed by atoms with Crippen molar-refractivity contribution in [2.75, 3.05) is 18.0 Å². The maximum absolute atomic E-state index is 11.0. The lowest BCUT2D eigenvalue weighted by Gasteiger charge is -2.18. The number of carbonyl (C=O) groups is 2. The van der Waals surface area contributed by atoms with Crippen LogP contribution in [0.25, 0.3) is 0 Å². The molecule has 1 fully saturated rings. The molecular formula is C12H13NO4. The molecule has 2 rings (SSSR count). The fourth-order valence-corrected chi connectivity index (χ4v) is 2.07. The Labute approximate surface area is 98.3 Å². The summed E-state index contributed by atoms with van der Waals surface area (Å²) in [7, 11) is 0. The molecule has 0 aliphatic carbocycles. The van der Waals surface area contributed by atoms with E-state index in [0.29, 0.717) is 0 Å². The summed E-state index contributed by atoms with van der Waals surface area (Å²) in [5.74, 6) is -2.42. The van der Waals surface area contributed by atoms with Crippen LogP contribution in [0.15, 0.2) is 18.2 Å². The van der Waals surface area contributed by atoms with Gasteiger partial charge in [0.05, 0.1) is 11.1 Å². The van der Waals surface area contributed by atoms with Gasteiger partial charge in [0.2, 0.25) is 0 Å². The third-order valence-corrected chi connectivity index (χ3v) is 2.94. The summed E-state index contributed by atoms with van der Waals surface area (Å²) in [4.78, 5) is 24.0. The van der Waals surface area contributed by atoms with E-state index in [1.54, 1.807) is 6.07 Å². The average Bonchev–Trinajstić information content (AvgIpc) is 2.81. The highest BCUT2D eigenvalue weighted by atomic mass is 16.4. The van der Waals surface area contributed by atoms with Crippen molar-refractivity contribution in [1.82, 2.24) is 0 Å². The highest BCUT2D eigenvalue weighted by Crippen LogP contribution is 2.23. The molecule has 5 heteroatoms. The van der Waals surface area contributed by atoms with Crippen LogP contribution in [-0.4, -0.2) is 35.2 Å². The van der Waals surface area contributed by atoms with Crippen molar-refractivity contribution < 1.29 is 19.8 Å². The van der Waals surface area contributed by atoms with Gasteiger partial charge in [0.1, 0.15) is 0 Å². The number of carboxylic acid groups (broad SMARTS) is 2. The molecule has 0 spiro atoms. The molecule has 0 amide bonds. The standard InChI is InChI=1S/C12H13NO4/c14-11(15)9-4-3-8(7-10(9)12(16)17)13-5-1-2-6-13/h3-4,7H,1-2,5-6H2,(H,14,15)(H,16,17). The van der Waals surface area contributed by atoms with E-state index in [2.05, 4.69) is 4.90 Å². The summed E-state index contributed by atoms with van der Waals surface area (Å²) < 4.78 is 0. The summed E-state index contributed by atoms with van der Waals surface area (Å²) in [5.41, 5.74) is 0.465. The van der Waals surface area contributed by atoms with Gasteiger partial charge >= 0.3 is 11.9 Å². The molecule has 0 radical (unpaired) electrons. The monoisotopic (exact) mass is 235 g/mol. The van der Waals surface area contributed by atoms with Crippen LogP contribution in [0.5, 0.6) is 0 Å². The Morgan fingerprint density at radius 2 is 1.59 bits per heavy atom. The molecule has 1 heterocycles. The zero-order chi connectivity index (χ0) is 12.4. The van der Waals surface area contributed by atoms with Gasteiger partial charge in [-0.3, -0.25) is 0 Å². The lowest BCUT2D eigenvalue weighted by Crippen LogP contribution is -2.19. The van der Waals surface area contributed by atoms with Gasteiger partial charge in [0.15, 0.2) is 0 Å². The first kappa shape index (κ1) is 11.4. The molecule has 0 atom stereocenters. The maximum atomic E-state index is 11.0. The van der Waals surface area contributed by atoms with E-state index in [0.717, 1.165) is 31.6 Å². The SMILES string of the molecule is O=C(O)c1ccc(N2CCCC2)cc1C(=O)O. The highest BCUT2D eigenvalue weighted by Gasteiger charge is 2.19. The van der Waals surface area contributed by atoms with E-state index in [-0.39, 0.29) is 11.1 Å². The molecule has 5 nitrogen and oxygen atoms in total. The fraction of sp³-hybridized carbons (Fsp3) is 0.333. The average molecular weight is 235 g/mol. The normalized spacial score (nSPS) is 14.9. The van der Waals surface area contributed by atoms with E-state index in [4.69, 9.17) is 10.2 Å². The molecular weight excluding hydrogens is 222 g/mol. The molecule has 1 saturated heterocycles. The van der Waals surface area contributed by atoms with Crippen molar-refractivity contribution in [3.05, 3.63) is 29.3 Å². The van der Waals surface area contributed by atoms with Gasteiger partial charge < -0.3 is 15.1 Å². The van der Waals surface area contributed by atoms with Gasteiger partial charge in [-0.1, -0.05) is 0 Å². The van der Waals surface area contributed by atoms with Crippen molar-refractivity contribution in [3.8, 4) is 0 Å². The second-order valence-corrected chi connectivity index (χ2v) is 4.03. The minimum atomic E-state index is -1.21. The molecule has 1 aliphatic rings. The zero-order valence-electron chi connectivity index (χ0n) is 9.22. The van der Waals surface area contributed by atoms with E-state index < -0.39 is 11.9 Å². The third kappa shape index (κ3) is 2.22. The summed E-state index contributed by atoms with van der Waals surface area (Å²) in [6, 6.07) is 4.47. The van der Waals surface area contributed by atoms with E-state index in [1.165, 1.54) is 12.1 Å². The lowest BCUT2D eigenvalue weighted by molar-refractivity contribution is 0.0651. The molecule has 1 aromatic carbocycles. The third-order valence-electron chi connectivity index (χ3n) is 2.94. The van der Waals surface area contributed by atoms with E-state index >= 15 is 0 Å². The Balaban J connectivity index is 2.41. The van der Waals surface area contributed by atoms with Crippen LogP contribution in [0, 0.1) is 0 Å². The molecule has 1 aliphatic heterocycles. The number of anilines is 1. The summed E-state index contributed by atoms with van der Waals surface area (Å²) >= 11 is 0. The Morgan fingerprint density at radius 1 is 1.00 bits per heavy atom. The number of nitrogens with zero attached hydrogens (tertiary/aromatic N) is 1. The molecule has 0 bridgehead atoms. The predicted octanol–water partition coefficient (Wildman–Crippen LogP) is 1.68.